The third-order valence-corrected chi connectivity index (χ3v) is 1.64. The van der Waals surface area contributed by atoms with Crippen molar-refractivity contribution in [2.45, 2.75) is 25.3 Å². The largest absolute Gasteiger partial charge is 0.319 e. The van der Waals surface area contributed by atoms with Crippen molar-refractivity contribution in [1.82, 2.24) is 10.2 Å². The summed E-state index contributed by atoms with van der Waals surface area (Å²) in [7, 11) is 3.56. The van der Waals surface area contributed by atoms with Gasteiger partial charge in [0.15, 0.2) is 0 Å². The van der Waals surface area contributed by atoms with E-state index in [2.05, 4.69) is 5.32 Å². The number of hydrogen-bond donors (Lipinski definition) is 1. The Morgan fingerprint density at radius 1 is 1.29 bits per heavy atom. The van der Waals surface area contributed by atoms with Crippen LogP contribution in [-0.2, 0) is 0 Å². The highest BCUT2D eigenvalue weighted by Gasteiger charge is 2.40. The Kier molecular flexibility index (Phi) is 5.36. The Morgan fingerprint density at radius 3 is 2.14 bits per heavy atom. The Morgan fingerprint density at radius 2 is 1.79 bits per heavy atom. The van der Waals surface area contributed by atoms with Crippen LogP contribution in [0, 0.1) is 0 Å². The summed E-state index contributed by atoms with van der Waals surface area (Å²) in [5, 5.41) is 2.36. The lowest BCUT2D eigenvalue weighted by Crippen LogP contribution is -2.45. The Bertz CT molecular complexity index is 161. The van der Waals surface area contributed by atoms with Crippen molar-refractivity contribution in [2.75, 3.05) is 27.2 Å². The molecular formula is C8H16F4N2. The van der Waals surface area contributed by atoms with Crippen LogP contribution in [0.1, 0.15) is 6.92 Å². The molecule has 0 heterocycles. The van der Waals surface area contributed by atoms with Crippen LogP contribution in [0.15, 0.2) is 0 Å². The summed E-state index contributed by atoms with van der Waals surface area (Å²) < 4.78 is 48.3. The molecule has 0 spiro atoms. The van der Waals surface area contributed by atoms with E-state index in [4.69, 9.17) is 0 Å². The monoisotopic (exact) mass is 216 g/mol. The first-order valence-corrected chi connectivity index (χ1v) is 4.30. The second kappa shape index (κ2) is 5.50. The molecular weight excluding hydrogens is 200 g/mol. The molecule has 0 radical (unpaired) electrons. The van der Waals surface area contributed by atoms with Gasteiger partial charge in [-0.25, -0.2) is 8.78 Å². The zero-order valence-electron chi connectivity index (χ0n) is 8.53. The molecule has 1 atom stereocenters. The average Bonchev–Trinajstić information content (AvgIpc) is 1.99. The molecule has 0 saturated heterocycles. The summed E-state index contributed by atoms with van der Waals surface area (Å²) in [5.74, 6) is -3.94. The van der Waals surface area contributed by atoms with Crippen LogP contribution in [0.2, 0.25) is 0 Å². The number of nitrogens with zero attached hydrogens (tertiary/aromatic N) is 1. The Labute approximate surface area is 81.3 Å². The van der Waals surface area contributed by atoms with Gasteiger partial charge >= 0.3 is 12.3 Å². The van der Waals surface area contributed by atoms with Crippen LogP contribution >= 0.6 is 0 Å². The zero-order valence-corrected chi connectivity index (χ0v) is 8.53. The molecule has 0 bridgehead atoms. The number of hydrogen-bond acceptors (Lipinski definition) is 2. The topological polar surface area (TPSA) is 15.3 Å². The molecule has 0 aliphatic rings. The van der Waals surface area contributed by atoms with E-state index in [0.717, 1.165) is 0 Å². The predicted molar refractivity (Wildman–Crippen MR) is 47.0 cm³/mol. The fraction of sp³-hybridized carbons (Fsp3) is 1.00. The number of nitrogens with one attached hydrogen (secondary N) is 1. The first-order valence-electron chi connectivity index (χ1n) is 4.30. The van der Waals surface area contributed by atoms with Crippen molar-refractivity contribution in [3.63, 3.8) is 0 Å². The van der Waals surface area contributed by atoms with Gasteiger partial charge in [0.2, 0.25) is 0 Å². The van der Waals surface area contributed by atoms with Crippen LogP contribution in [0.4, 0.5) is 17.6 Å². The normalized spacial score (nSPS) is 15.2. The van der Waals surface area contributed by atoms with Gasteiger partial charge < -0.3 is 10.2 Å². The van der Waals surface area contributed by atoms with Gasteiger partial charge in [0.1, 0.15) is 0 Å². The van der Waals surface area contributed by atoms with Crippen molar-refractivity contribution >= 4 is 0 Å². The van der Waals surface area contributed by atoms with E-state index in [1.165, 1.54) is 0 Å². The summed E-state index contributed by atoms with van der Waals surface area (Å²) in [5.41, 5.74) is 0. The van der Waals surface area contributed by atoms with Gasteiger partial charge in [0, 0.05) is 12.6 Å². The first kappa shape index (κ1) is 13.6. The zero-order chi connectivity index (χ0) is 11.4. The molecule has 0 aliphatic carbocycles. The second-order valence-electron chi connectivity index (χ2n) is 3.61. The van der Waals surface area contributed by atoms with Gasteiger partial charge in [-0.05, 0) is 21.0 Å². The molecule has 0 amide bonds. The third-order valence-electron chi connectivity index (χ3n) is 1.64. The summed E-state index contributed by atoms with van der Waals surface area (Å²) >= 11 is 0. The molecule has 1 unspecified atom stereocenters. The highest BCUT2D eigenvalue weighted by atomic mass is 19.3. The molecule has 14 heavy (non-hydrogen) atoms. The molecule has 0 aromatic rings. The van der Waals surface area contributed by atoms with E-state index in [0.29, 0.717) is 6.54 Å². The van der Waals surface area contributed by atoms with E-state index in [-0.39, 0.29) is 6.04 Å². The maximum atomic E-state index is 12.4. The van der Waals surface area contributed by atoms with Gasteiger partial charge in [0.25, 0.3) is 0 Å². The summed E-state index contributed by atoms with van der Waals surface area (Å²) in [6.07, 6.45) is -3.61. The lowest BCUT2D eigenvalue weighted by molar-refractivity contribution is -0.126. The highest BCUT2D eigenvalue weighted by molar-refractivity contribution is 4.75. The van der Waals surface area contributed by atoms with Crippen molar-refractivity contribution in [1.29, 1.82) is 0 Å². The van der Waals surface area contributed by atoms with Gasteiger partial charge in [-0.2, -0.15) is 8.78 Å². The molecule has 2 nitrogen and oxygen atoms in total. The predicted octanol–water partition coefficient (Wildman–Crippen LogP) is 1.43. The maximum absolute atomic E-state index is 12.4. The van der Waals surface area contributed by atoms with E-state index in [1.807, 2.05) is 0 Å². The minimum absolute atomic E-state index is 0.241. The van der Waals surface area contributed by atoms with Crippen molar-refractivity contribution in [3.05, 3.63) is 0 Å². The highest BCUT2D eigenvalue weighted by Crippen LogP contribution is 2.21. The molecule has 0 aromatic carbocycles. The fourth-order valence-corrected chi connectivity index (χ4v) is 1.000. The number of rotatable bonds is 6. The molecule has 0 saturated carbocycles. The van der Waals surface area contributed by atoms with Gasteiger partial charge in [-0.3, -0.25) is 0 Å². The molecule has 0 aromatic heterocycles. The third kappa shape index (κ3) is 5.39. The maximum Gasteiger partial charge on any atom is 0.319 e. The quantitative estimate of drug-likeness (QED) is 0.676. The number of alkyl halides is 4. The van der Waals surface area contributed by atoms with E-state index in [9.17, 15) is 17.6 Å². The van der Waals surface area contributed by atoms with Crippen molar-refractivity contribution < 1.29 is 17.6 Å². The average molecular weight is 216 g/mol. The molecule has 0 fully saturated rings. The number of halogens is 4. The minimum atomic E-state index is -3.94. The van der Waals surface area contributed by atoms with Gasteiger partial charge in [-0.1, -0.05) is 0 Å². The Balaban J connectivity index is 3.81. The van der Waals surface area contributed by atoms with E-state index < -0.39 is 18.9 Å². The first-order chi connectivity index (χ1) is 6.25. The molecule has 0 rings (SSSR count). The van der Waals surface area contributed by atoms with Crippen molar-refractivity contribution in [2.24, 2.45) is 0 Å². The summed E-state index contributed by atoms with van der Waals surface area (Å²) in [6, 6.07) is -0.241. The summed E-state index contributed by atoms with van der Waals surface area (Å²) in [6.45, 7) is 1.21. The van der Waals surface area contributed by atoms with Crippen LogP contribution in [0.5, 0.6) is 0 Å². The molecule has 6 heteroatoms. The fourth-order valence-electron chi connectivity index (χ4n) is 1.000. The van der Waals surface area contributed by atoms with Gasteiger partial charge in [0.05, 0.1) is 6.54 Å². The smallest absolute Gasteiger partial charge is 0.308 e. The van der Waals surface area contributed by atoms with Crippen LogP contribution in [0.25, 0.3) is 0 Å². The van der Waals surface area contributed by atoms with Gasteiger partial charge in [-0.15, -0.1) is 0 Å². The van der Waals surface area contributed by atoms with Crippen molar-refractivity contribution in [3.8, 4) is 0 Å². The standard InChI is InChI=1S/C8H16F4N2/c1-6(4-14(2)3)13-5-8(11,12)7(9)10/h6-7,13H,4-5H2,1-3H3. The lowest BCUT2D eigenvalue weighted by atomic mass is 10.3. The summed E-state index contributed by atoms with van der Waals surface area (Å²) in [4.78, 5) is 1.79. The minimum Gasteiger partial charge on any atom is -0.308 e. The second-order valence-corrected chi connectivity index (χ2v) is 3.61. The van der Waals surface area contributed by atoms with Crippen LogP contribution < -0.4 is 5.32 Å². The SMILES string of the molecule is CC(CN(C)C)NCC(F)(F)C(F)F. The number of likely N-dealkylation sites (N-methyl/N-ethyl adjacent to an activating group) is 1. The van der Waals surface area contributed by atoms with Crippen LogP contribution in [-0.4, -0.2) is 50.5 Å². The molecule has 0 aliphatic heterocycles. The molecule has 86 valence electrons. The van der Waals surface area contributed by atoms with E-state index in [1.54, 1.807) is 25.9 Å². The lowest BCUT2D eigenvalue weighted by Gasteiger charge is -2.21. The van der Waals surface area contributed by atoms with Crippen LogP contribution in [0.3, 0.4) is 0 Å². The molecule has 1 N–H and O–H groups in total. The Hall–Kier alpha value is -0.360. The van der Waals surface area contributed by atoms with E-state index >= 15 is 0 Å².